The number of carbonyl (C=O) groups excluding carboxylic acids is 1. The highest BCUT2D eigenvalue weighted by molar-refractivity contribution is 7.98. The Kier molecular flexibility index (Phi) is 7.35. The van der Waals surface area contributed by atoms with Crippen LogP contribution < -0.4 is 5.32 Å². The lowest BCUT2D eigenvalue weighted by atomic mass is 10.2. The number of amides is 1. The molecule has 0 aromatic carbocycles. The van der Waals surface area contributed by atoms with Crippen molar-refractivity contribution in [3.63, 3.8) is 0 Å². The lowest BCUT2D eigenvalue weighted by Crippen LogP contribution is -2.26. The normalized spacial score (nSPS) is 11.0. The van der Waals surface area contributed by atoms with E-state index in [2.05, 4.69) is 38.9 Å². The predicted octanol–water partition coefficient (Wildman–Crippen LogP) is 2.42. The maximum absolute atomic E-state index is 12.2. The van der Waals surface area contributed by atoms with Crippen molar-refractivity contribution in [2.24, 2.45) is 5.92 Å². The zero-order valence-corrected chi connectivity index (χ0v) is 16.8. The lowest BCUT2D eigenvalue weighted by Gasteiger charge is -2.11. The molecular weight excluding hydrogens is 366 g/mol. The van der Waals surface area contributed by atoms with Gasteiger partial charge < -0.3 is 15.0 Å². The van der Waals surface area contributed by atoms with E-state index in [1.54, 1.807) is 18.7 Å². The smallest absolute Gasteiger partial charge is 0.337 e. The molecule has 0 unspecified atom stereocenters. The molecule has 27 heavy (non-hydrogen) atoms. The van der Waals surface area contributed by atoms with Crippen molar-refractivity contribution in [3.8, 4) is 0 Å². The van der Waals surface area contributed by atoms with Crippen LogP contribution in [0.25, 0.3) is 0 Å². The molecule has 0 aliphatic rings. The Morgan fingerprint density at radius 1 is 1.30 bits per heavy atom. The summed E-state index contributed by atoms with van der Waals surface area (Å²) < 4.78 is 2.13. The number of hydrogen-bond donors (Lipinski definition) is 2. The maximum atomic E-state index is 12.2. The zero-order chi connectivity index (χ0) is 20.0. The van der Waals surface area contributed by atoms with E-state index in [1.807, 2.05) is 6.26 Å². The molecule has 0 fully saturated rings. The standard InChI is InChI=1S/C18H25N5O3S/c1-11(2)10-23-15(21-22-18(23)27-4)6-5-9-19-16(24)14-8-7-13(17(25)26)12(3)20-14/h7-8,11H,5-6,9-10H2,1-4H3,(H,19,24)(H,25,26). The molecule has 0 spiro atoms. The fraction of sp³-hybridized carbons (Fsp3) is 0.500. The second-order valence-corrected chi connectivity index (χ2v) is 7.37. The molecule has 9 heteroatoms. The Balaban J connectivity index is 1.90. The number of carboxylic acid groups (broad SMARTS) is 1. The highest BCUT2D eigenvalue weighted by atomic mass is 32.2. The number of hydrogen-bond acceptors (Lipinski definition) is 6. The molecule has 1 amide bonds. The molecule has 0 atom stereocenters. The zero-order valence-electron chi connectivity index (χ0n) is 16.0. The Morgan fingerprint density at radius 3 is 2.63 bits per heavy atom. The van der Waals surface area contributed by atoms with Gasteiger partial charge in [0.1, 0.15) is 11.5 Å². The van der Waals surface area contributed by atoms with Crippen molar-refractivity contribution in [2.45, 2.75) is 45.3 Å². The third-order valence-corrected chi connectivity index (χ3v) is 4.60. The average molecular weight is 391 g/mol. The number of rotatable bonds is 9. The summed E-state index contributed by atoms with van der Waals surface area (Å²) in [6.07, 6.45) is 3.42. The van der Waals surface area contributed by atoms with E-state index in [1.165, 1.54) is 12.1 Å². The van der Waals surface area contributed by atoms with E-state index < -0.39 is 5.97 Å². The maximum Gasteiger partial charge on any atom is 0.337 e. The molecule has 2 aromatic rings. The fourth-order valence-corrected chi connectivity index (χ4v) is 3.18. The van der Waals surface area contributed by atoms with Gasteiger partial charge in [-0.25, -0.2) is 9.78 Å². The lowest BCUT2D eigenvalue weighted by molar-refractivity contribution is 0.0694. The Hall–Kier alpha value is -2.42. The summed E-state index contributed by atoms with van der Waals surface area (Å²) in [5.74, 6) is 0.0427. The summed E-state index contributed by atoms with van der Waals surface area (Å²) in [5.41, 5.74) is 0.632. The van der Waals surface area contributed by atoms with Gasteiger partial charge in [0.05, 0.1) is 11.3 Å². The molecule has 0 radical (unpaired) electrons. The quantitative estimate of drug-likeness (QED) is 0.499. The van der Waals surface area contributed by atoms with Crippen molar-refractivity contribution in [1.29, 1.82) is 0 Å². The van der Waals surface area contributed by atoms with Gasteiger partial charge in [0, 0.05) is 19.5 Å². The van der Waals surface area contributed by atoms with Crippen LogP contribution in [0.2, 0.25) is 0 Å². The molecule has 0 saturated carbocycles. The minimum absolute atomic E-state index is 0.0978. The van der Waals surface area contributed by atoms with Gasteiger partial charge in [-0.1, -0.05) is 25.6 Å². The van der Waals surface area contributed by atoms with Crippen LogP contribution in [0.3, 0.4) is 0 Å². The van der Waals surface area contributed by atoms with E-state index in [0.717, 1.165) is 23.9 Å². The van der Waals surface area contributed by atoms with Gasteiger partial charge in [-0.05, 0) is 37.7 Å². The summed E-state index contributed by atoms with van der Waals surface area (Å²) in [7, 11) is 0. The summed E-state index contributed by atoms with van der Waals surface area (Å²) in [5, 5.41) is 21.2. The van der Waals surface area contributed by atoms with Gasteiger partial charge in [0.15, 0.2) is 5.16 Å². The van der Waals surface area contributed by atoms with E-state index in [-0.39, 0.29) is 17.2 Å². The number of thioether (sulfide) groups is 1. The molecule has 2 rings (SSSR count). The number of aromatic nitrogens is 4. The Morgan fingerprint density at radius 2 is 2.04 bits per heavy atom. The number of pyridine rings is 1. The van der Waals surface area contributed by atoms with Gasteiger partial charge >= 0.3 is 5.97 Å². The van der Waals surface area contributed by atoms with Gasteiger partial charge in [-0.2, -0.15) is 0 Å². The Labute approximate surface area is 162 Å². The molecule has 2 N–H and O–H groups in total. The van der Waals surface area contributed by atoms with Crippen LogP contribution in [0.1, 0.15) is 52.6 Å². The minimum Gasteiger partial charge on any atom is -0.478 e. The summed E-state index contributed by atoms with van der Waals surface area (Å²) in [6.45, 7) is 7.22. The average Bonchev–Trinajstić information content (AvgIpc) is 2.99. The highest BCUT2D eigenvalue weighted by Gasteiger charge is 2.14. The van der Waals surface area contributed by atoms with Crippen molar-refractivity contribution in [2.75, 3.05) is 12.8 Å². The van der Waals surface area contributed by atoms with E-state index in [9.17, 15) is 9.59 Å². The second-order valence-electron chi connectivity index (χ2n) is 6.60. The molecule has 0 bridgehead atoms. The van der Waals surface area contributed by atoms with Crippen LogP contribution in [0.4, 0.5) is 0 Å². The first-order chi connectivity index (χ1) is 12.8. The summed E-state index contributed by atoms with van der Waals surface area (Å²) in [6, 6.07) is 2.83. The number of nitrogens with one attached hydrogen (secondary N) is 1. The van der Waals surface area contributed by atoms with Gasteiger partial charge in [0.25, 0.3) is 5.91 Å². The van der Waals surface area contributed by atoms with E-state index >= 15 is 0 Å². The van der Waals surface area contributed by atoms with Crippen LogP contribution in [-0.2, 0) is 13.0 Å². The first-order valence-corrected chi connectivity index (χ1v) is 10.0. The van der Waals surface area contributed by atoms with Crippen LogP contribution in [0.15, 0.2) is 17.3 Å². The molecule has 2 aromatic heterocycles. The monoisotopic (exact) mass is 391 g/mol. The molecule has 0 aliphatic heterocycles. The summed E-state index contributed by atoms with van der Waals surface area (Å²) in [4.78, 5) is 27.3. The van der Waals surface area contributed by atoms with Crippen LogP contribution in [0.5, 0.6) is 0 Å². The number of aryl methyl sites for hydroxylation is 2. The predicted molar refractivity (Wildman–Crippen MR) is 103 cm³/mol. The van der Waals surface area contributed by atoms with Crippen molar-refractivity contribution < 1.29 is 14.7 Å². The molecule has 0 saturated heterocycles. The molecule has 2 heterocycles. The first kappa shape index (κ1) is 20.9. The third-order valence-electron chi connectivity index (χ3n) is 3.94. The largest absolute Gasteiger partial charge is 0.478 e. The number of nitrogens with zero attached hydrogens (tertiary/aromatic N) is 4. The SMILES string of the molecule is CSc1nnc(CCCNC(=O)c2ccc(C(=O)O)c(C)n2)n1CC(C)C. The highest BCUT2D eigenvalue weighted by Crippen LogP contribution is 2.16. The molecule has 0 aliphatic carbocycles. The Bertz CT molecular complexity index is 819. The first-order valence-electron chi connectivity index (χ1n) is 8.78. The minimum atomic E-state index is -1.05. The molecule has 146 valence electrons. The summed E-state index contributed by atoms with van der Waals surface area (Å²) >= 11 is 1.57. The second kappa shape index (κ2) is 9.50. The van der Waals surface area contributed by atoms with E-state index in [0.29, 0.717) is 24.6 Å². The number of aromatic carboxylic acids is 1. The molecule has 8 nitrogen and oxygen atoms in total. The van der Waals surface area contributed by atoms with Crippen molar-refractivity contribution in [3.05, 3.63) is 34.9 Å². The van der Waals surface area contributed by atoms with Gasteiger partial charge in [0.2, 0.25) is 0 Å². The number of carboxylic acids is 1. The van der Waals surface area contributed by atoms with Crippen molar-refractivity contribution in [1.82, 2.24) is 25.1 Å². The van der Waals surface area contributed by atoms with Crippen LogP contribution in [0, 0.1) is 12.8 Å². The topological polar surface area (TPSA) is 110 Å². The van der Waals surface area contributed by atoms with E-state index in [4.69, 9.17) is 5.11 Å². The van der Waals surface area contributed by atoms with Crippen LogP contribution in [-0.4, -0.2) is 49.5 Å². The fourth-order valence-electron chi connectivity index (χ4n) is 2.66. The van der Waals surface area contributed by atoms with Crippen molar-refractivity contribution >= 4 is 23.6 Å². The van der Waals surface area contributed by atoms with Gasteiger partial charge in [-0.3, -0.25) is 4.79 Å². The van der Waals surface area contributed by atoms with Crippen LogP contribution >= 0.6 is 11.8 Å². The third kappa shape index (κ3) is 5.53. The molecular formula is C18H25N5O3S. The van der Waals surface area contributed by atoms with Gasteiger partial charge in [-0.15, -0.1) is 10.2 Å². The number of carbonyl (C=O) groups is 2.